The summed E-state index contributed by atoms with van der Waals surface area (Å²) in [6.45, 7) is 2.36. The minimum absolute atomic E-state index is 0. The minimum Gasteiger partial charge on any atom is -0.423 e. The zero-order valence-corrected chi connectivity index (χ0v) is 20.4. The van der Waals surface area contributed by atoms with Crippen LogP contribution >= 0.6 is 0 Å². The second kappa shape index (κ2) is 8.73. The first-order valence-corrected chi connectivity index (χ1v) is 11.1. The van der Waals surface area contributed by atoms with E-state index in [1.54, 1.807) is 6.92 Å². The van der Waals surface area contributed by atoms with Crippen LogP contribution in [0.15, 0.2) is 6.07 Å². The SMILES string of the molecule is CCN1CC(S(=O)(=O)[N-]C(=O)Nc2c3c(cc4c2CCC4)CCC3)CC1=O.[K+]. The summed E-state index contributed by atoms with van der Waals surface area (Å²) in [6, 6.07) is 1.39. The van der Waals surface area contributed by atoms with E-state index in [0.29, 0.717) is 6.54 Å². The van der Waals surface area contributed by atoms with Crippen LogP contribution in [0.5, 0.6) is 0 Å². The Morgan fingerprint density at radius 3 is 2.32 bits per heavy atom. The third-order valence-electron chi connectivity index (χ3n) is 5.90. The monoisotopic (exact) mass is 429 g/mol. The fourth-order valence-electron chi connectivity index (χ4n) is 4.53. The third-order valence-corrected chi connectivity index (χ3v) is 7.48. The van der Waals surface area contributed by atoms with Gasteiger partial charge in [0.15, 0.2) is 16.1 Å². The predicted octanol–water partition coefficient (Wildman–Crippen LogP) is -0.476. The molecule has 1 aromatic rings. The quantitative estimate of drug-likeness (QED) is 0.654. The summed E-state index contributed by atoms with van der Waals surface area (Å²) < 4.78 is 28.5. The zero-order chi connectivity index (χ0) is 19.2. The van der Waals surface area contributed by atoms with Gasteiger partial charge in [-0.25, -0.2) is 8.42 Å². The Morgan fingerprint density at radius 2 is 1.79 bits per heavy atom. The molecule has 28 heavy (non-hydrogen) atoms. The Hall–Kier alpha value is -0.454. The molecule has 3 aliphatic rings. The molecule has 7 nitrogen and oxygen atoms in total. The number of carbonyl (C=O) groups is 2. The molecule has 9 heteroatoms. The van der Waals surface area contributed by atoms with Crippen molar-refractivity contribution in [1.82, 2.24) is 4.90 Å². The molecule has 1 aliphatic heterocycles. The fraction of sp³-hybridized carbons (Fsp3) is 0.579. The fourth-order valence-corrected chi connectivity index (χ4v) is 5.68. The normalized spacial score (nSPS) is 20.5. The number of fused-ring (bicyclic) bond motifs is 2. The number of nitrogens with zero attached hydrogens (tertiary/aromatic N) is 2. The molecular formula is C19H24KN3O4S. The molecule has 4 rings (SSSR count). The van der Waals surface area contributed by atoms with Crippen molar-refractivity contribution in [2.75, 3.05) is 18.4 Å². The second-order valence-corrected chi connectivity index (χ2v) is 9.41. The van der Waals surface area contributed by atoms with E-state index >= 15 is 0 Å². The van der Waals surface area contributed by atoms with Gasteiger partial charge in [-0.3, -0.25) is 9.59 Å². The maximum atomic E-state index is 12.5. The van der Waals surface area contributed by atoms with Crippen molar-refractivity contribution in [3.05, 3.63) is 33.0 Å². The minimum atomic E-state index is -4.03. The number of nitrogens with one attached hydrogen (secondary N) is 1. The van der Waals surface area contributed by atoms with Crippen LogP contribution in [0, 0.1) is 0 Å². The van der Waals surface area contributed by atoms with E-state index in [-0.39, 0.29) is 70.3 Å². The van der Waals surface area contributed by atoms with Crippen LogP contribution in [0.4, 0.5) is 10.5 Å². The number of rotatable bonds is 4. The first-order valence-electron chi connectivity index (χ1n) is 9.61. The Bertz CT molecular complexity index is 884. The van der Waals surface area contributed by atoms with Crippen LogP contribution in [0.1, 0.15) is 48.4 Å². The van der Waals surface area contributed by atoms with Gasteiger partial charge in [0.2, 0.25) is 5.91 Å². The van der Waals surface area contributed by atoms with Gasteiger partial charge in [-0.2, -0.15) is 0 Å². The number of hydrogen-bond donors (Lipinski definition) is 1. The van der Waals surface area contributed by atoms with Gasteiger partial charge in [0.1, 0.15) is 0 Å². The molecule has 0 aromatic heterocycles. The van der Waals surface area contributed by atoms with E-state index in [2.05, 4.69) is 16.1 Å². The molecule has 0 bridgehead atoms. The second-order valence-electron chi connectivity index (χ2n) is 7.53. The molecular weight excluding hydrogens is 405 g/mol. The van der Waals surface area contributed by atoms with Gasteiger partial charge in [-0.15, -0.1) is 0 Å². The van der Waals surface area contributed by atoms with E-state index in [4.69, 9.17) is 0 Å². The molecule has 1 unspecified atom stereocenters. The van der Waals surface area contributed by atoms with Crippen molar-refractivity contribution in [1.29, 1.82) is 0 Å². The largest absolute Gasteiger partial charge is 1.00 e. The third kappa shape index (κ3) is 4.20. The van der Waals surface area contributed by atoms with Crippen molar-refractivity contribution < 1.29 is 69.4 Å². The summed E-state index contributed by atoms with van der Waals surface area (Å²) in [7, 11) is -4.03. The number of sulfonamides is 1. The summed E-state index contributed by atoms with van der Waals surface area (Å²) in [5.41, 5.74) is 5.55. The summed E-state index contributed by atoms with van der Waals surface area (Å²) in [4.78, 5) is 25.8. The van der Waals surface area contributed by atoms with Crippen molar-refractivity contribution in [3.63, 3.8) is 0 Å². The van der Waals surface area contributed by atoms with Crippen molar-refractivity contribution >= 4 is 27.6 Å². The van der Waals surface area contributed by atoms with E-state index in [0.717, 1.165) is 55.3 Å². The Balaban J connectivity index is 0.00000225. The number of amides is 3. The van der Waals surface area contributed by atoms with Gasteiger partial charge in [0, 0.05) is 19.5 Å². The van der Waals surface area contributed by atoms with Crippen LogP contribution in [-0.4, -0.2) is 43.6 Å². The molecule has 2 aliphatic carbocycles. The number of anilines is 1. The van der Waals surface area contributed by atoms with Crippen molar-refractivity contribution in [2.24, 2.45) is 0 Å². The number of urea groups is 1. The molecule has 1 N–H and O–H groups in total. The van der Waals surface area contributed by atoms with Crippen molar-refractivity contribution in [3.8, 4) is 0 Å². The Morgan fingerprint density at radius 1 is 1.18 bits per heavy atom. The van der Waals surface area contributed by atoms with Gasteiger partial charge in [-0.05, 0) is 73.4 Å². The van der Waals surface area contributed by atoms with Crippen LogP contribution in [0.2, 0.25) is 0 Å². The number of hydrogen-bond acceptors (Lipinski definition) is 4. The average molecular weight is 430 g/mol. The molecule has 1 heterocycles. The molecule has 1 aromatic carbocycles. The standard InChI is InChI=1S/C19H25N3O4S.K/c1-2-22-11-14(10-17(22)23)27(25,26)21-19(24)20-18-15-7-3-5-12(15)9-13-6-4-8-16(13)18;/h9,14H,2-8,10-11H2,1H3,(H2,20,21,24);/q;+1/p-1. The van der Waals surface area contributed by atoms with Crippen LogP contribution in [0.3, 0.4) is 0 Å². The first kappa shape index (κ1) is 22.2. The Labute approximate surface area is 208 Å². The van der Waals surface area contributed by atoms with Gasteiger partial charge < -0.3 is 14.9 Å². The van der Waals surface area contributed by atoms with Crippen LogP contribution < -0.4 is 56.7 Å². The Kier molecular flexibility index (Phi) is 6.93. The van der Waals surface area contributed by atoms with Crippen LogP contribution in [0.25, 0.3) is 4.72 Å². The number of benzene rings is 1. The summed E-state index contributed by atoms with van der Waals surface area (Å²) in [5.74, 6) is -0.208. The summed E-state index contributed by atoms with van der Waals surface area (Å²) in [6.07, 6.45) is 5.78. The molecule has 1 saturated heterocycles. The molecule has 0 saturated carbocycles. The smallest absolute Gasteiger partial charge is 0.423 e. The van der Waals surface area contributed by atoms with Gasteiger partial charge in [0.25, 0.3) is 0 Å². The average Bonchev–Trinajstić information content (AvgIpc) is 3.32. The first-order chi connectivity index (χ1) is 12.9. The van der Waals surface area contributed by atoms with E-state index in [9.17, 15) is 18.0 Å². The maximum Gasteiger partial charge on any atom is 1.00 e. The summed E-state index contributed by atoms with van der Waals surface area (Å²) >= 11 is 0. The topological polar surface area (TPSA) is 97.7 Å². The summed E-state index contributed by atoms with van der Waals surface area (Å²) in [5, 5.41) is 1.83. The number of carbonyl (C=O) groups excluding carboxylic acids is 2. The van der Waals surface area contributed by atoms with Crippen LogP contribution in [-0.2, 0) is 40.5 Å². The van der Waals surface area contributed by atoms with Gasteiger partial charge in [0.05, 0.1) is 5.25 Å². The molecule has 146 valence electrons. The molecule has 1 atom stereocenters. The molecule has 0 radical (unpaired) electrons. The zero-order valence-electron chi connectivity index (χ0n) is 16.5. The van der Waals surface area contributed by atoms with E-state index < -0.39 is 21.3 Å². The molecule has 0 spiro atoms. The molecule has 1 fully saturated rings. The predicted molar refractivity (Wildman–Crippen MR) is 102 cm³/mol. The van der Waals surface area contributed by atoms with Gasteiger partial charge in [-0.1, -0.05) is 6.07 Å². The number of likely N-dealkylation sites (tertiary alicyclic amines) is 1. The number of aryl methyl sites for hydroxylation is 2. The van der Waals surface area contributed by atoms with E-state index in [1.807, 2.05) is 0 Å². The van der Waals surface area contributed by atoms with Gasteiger partial charge >= 0.3 is 51.4 Å². The van der Waals surface area contributed by atoms with E-state index in [1.165, 1.54) is 16.0 Å². The maximum absolute atomic E-state index is 12.5. The molecule has 3 amide bonds. The van der Waals surface area contributed by atoms with Crippen molar-refractivity contribution in [2.45, 2.75) is 57.1 Å².